The van der Waals surface area contributed by atoms with Gasteiger partial charge in [-0.05, 0) is 0 Å². The van der Waals surface area contributed by atoms with Crippen molar-refractivity contribution in [3.8, 4) is 0 Å². The maximum atomic E-state index is 10.7. The summed E-state index contributed by atoms with van der Waals surface area (Å²) in [4.78, 5) is 0. The molecule has 2 bridgehead atoms. The molecular formula is C14H32N6O. The molecule has 0 unspecified atom stereocenters. The van der Waals surface area contributed by atoms with Gasteiger partial charge in [0.25, 0.3) is 0 Å². The molecule has 0 radical (unpaired) electrons. The molecule has 7 nitrogen and oxygen atoms in total. The minimum absolute atomic E-state index is 0.193. The van der Waals surface area contributed by atoms with E-state index in [0.717, 1.165) is 58.9 Å². The predicted octanol–water partition coefficient (Wildman–Crippen LogP) is -2.75. The van der Waals surface area contributed by atoms with Gasteiger partial charge in [0.05, 0.1) is 0 Å². The molecule has 0 aromatic rings. The molecule has 2 heterocycles. The molecule has 124 valence electrons. The lowest BCUT2D eigenvalue weighted by Crippen LogP contribution is -2.60. The third-order valence-corrected chi connectivity index (χ3v) is 4.20. The number of β-amino-alcohol motifs (C(OH)–C–C–N with tert-alkyl or cyclic N) is 1. The summed E-state index contributed by atoms with van der Waals surface area (Å²) in [7, 11) is 0. The van der Waals surface area contributed by atoms with Crippen molar-refractivity contribution in [2.75, 3.05) is 72.0 Å². The average Bonchev–Trinajstić information content (AvgIpc) is 2.47. The molecule has 0 amide bonds. The van der Waals surface area contributed by atoms with Gasteiger partial charge in [-0.2, -0.15) is 0 Å². The summed E-state index contributed by atoms with van der Waals surface area (Å²) in [5, 5.41) is 31.2. The van der Waals surface area contributed by atoms with E-state index in [1.807, 2.05) is 0 Å². The van der Waals surface area contributed by atoms with Crippen LogP contribution in [0.3, 0.4) is 0 Å². The van der Waals surface area contributed by atoms with Crippen molar-refractivity contribution in [1.82, 2.24) is 31.9 Å². The fraction of sp³-hybridized carbons (Fsp3) is 1.00. The van der Waals surface area contributed by atoms with Gasteiger partial charge < -0.3 is 31.7 Å². The summed E-state index contributed by atoms with van der Waals surface area (Å²) < 4.78 is 0. The number of hydrogen-bond acceptors (Lipinski definition) is 7. The molecule has 0 spiro atoms. The Labute approximate surface area is 128 Å². The molecule has 2 saturated heterocycles. The second-order valence-electron chi connectivity index (χ2n) is 6.65. The molecule has 21 heavy (non-hydrogen) atoms. The highest BCUT2D eigenvalue weighted by molar-refractivity contribution is 4.86. The van der Waals surface area contributed by atoms with E-state index in [9.17, 15) is 5.11 Å². The summed E-state index contributed by atoms with van der Waals surface area (Å²) in [6, 6.07) is 0. The van der Waals surface area contributed by atoms with Crippen LogP contribution in [0, 0.1) is 5.41 Å². The number of fused-ring (bicyclic) bond motifs is 6. The monoisotopic (exact) mass is 300 g/mol. The maximum Gasteiger partial charge on any atom is 0.141 e. The zero-order chi connectivity index (χ0) is 15.0. The van der Waals surface area contributed by atoms with E-state index in [4.69, 9.17) is 0 Å². The van der Waals surface area contributed by atoms with Crippen LogP contribution in [-0.2, 0) is 0 Å². The van der Waals surface area contributed by atoms with E-state index in [1.165, 1.54) is 0 Å². The minimum atomic E-state index is -0.896. The smallest absolute Gasteiger partial charge is 0.141 e. The number of rotatable bonds is 0. The molecule has 2 rings (SSSR count). The highest BCUT2D eigenvalue weighted by Gasteiger charge is 2.27. The first-order valence-corrected chi connectivity index (χ1v) is 8.13. The highest BCUT2D eigenvalue weighted by atomic mass is 16.3. The summed E-state index contributed by atoms with van der Waals surface area (Å²) in [5.41, 5.74) is -0.703. The molecule has 2 aliphatic heterocycles. The highest BCUT2D eigenvalue weighted by Crippen LogP contribution is 2.12. The predicted molar refractivity (Wildman–Crippen MR) is 85.4 cm³/mol. The fourth-order valence-electron chi connectivity index (χ4n) is 2.87. The van der Waals surface area contributed by atoms with Gasteiger partial charge in [-0.25, -0.2) is 0 Å². The maximum absolute atomic E-state index is 10.7. The third kappa shape index (κ3) is 6.15. The zero-order valence-corrected chi connectivity index (χ0v) is 13.2. The molecule has 0 atom stereocenters. The lowest BCUT2D eigenvalue weighted by Gasteiger charge is -2.31. The Morgan fingerprint density at radius 3 is 1.48 bits per heavy atom. The van der Waals surface area contributed by atoms with Crippen molar-refractivity contribution < 1.29 is 5.11 Å². The normalized spacial score (nSPS) is 38.0. The van der Waals surface area contributed by atoms with Crippen molar-refractivity contribution in [2.24, 2.45) is 5.41 Å². The van der Waals surface area contributed by atoms with Crippen LogP contribution >= 0.6 is 0 Å². The van der Waals surface area contributed by atoms with Crippen LogP contribution in [0.2, 0.25) is 0 Å². The molecule has 0 aliphatic carbocycles. The van der Waals surface area contributed by atoms with Gasteiger partial charge in [0.2, 0.25) is 0 Å². The molecule has 0 aromatic heterocycles. The van der Waals surface area contributed by atoms with Gasteiger partial charge in [-0.15, -0.1) is 0 Å². The van der Waals surface area contributed by atoms with E-state index >= 15 is 0 Å². The summed E-state index contributed by atoms with van der Waals surface area (Å²) in [5.74, 6) is 0. The summed E-state index contributed by atoms with van der Waals surface area (Å²) in [6.07, 6.45) is 0. The standard InChI is InChI=1S/C14H32N6O/c1-13-8-15-2-4-18-11-14(21,20-7-6-17-10-13)12-19-5-3-16-9-13/h15-21H,2-12H2,1H3. The fourth-order valence-corrected chi connectivity index (χ4v) is 2.87. The van der Waals surface area contributed by atoms with Crippen LogP contribution in [0.25, 0.3) is 0 Å². The van der Waals surface area contributed by atoms with Gasteiger partial charge in [-0.1, -0.05) is 6.92 Å². The first kappa shape index (κ1) is 17.1. The SMILES string of the molecule is CC12CNCCNCC(O)(CNCCNC1)NCCNC2. The quantitative estimate of drug-likeness (QED) is 0.261. The first-order valence-electron chi connectivity index (χ1n) is 8.13. The van der Waals surface area contributed by atoms with E-state index in [0.29, 0.717) is 13.1 Å². The Hall–Kier alpha value is -0.280. The second kappa shape index (κ2) is 8.38. The van der Waals surface area contributed by atoms with Gasteiger partial charge >= 0.3 is 0 Å². The molecule has 2 aliphatic rings. The summed E-state index contributed by atoms with van der Waals surface area (Å²) >= 11 is 0. The van der Waals surface area contributed by atoms with Gasteiger partial charge in [0.15, 0.2) is 0 Å². The van der Waals surface area contributed by atoms with Crippen LogP contribution in [-0.4, -0.2) is 82.8 Å². The molecule has 0 aromatic carbocycles. The van der Waals surface area contributed by atoms with Crippen LogP contribution in [0.1, 0.15) is 6.92 Å². The molecular weight excluding hydrogens is 268 g/mol. The number of nitrogens with one attached hydrogen (secondary N) is 6. The zero-order valence-electron chi connectivity index (χ0n) is 13.2. The molecule has 7 heteroatoms. The lowest BCUT2D eigenvalue weighted by atomic mass is 9.90. The van der Waals surface area contributed by atoms with Crippen molar-refractivity contribution in [1.29, 1.82) is 0 Å². The van der Waals surface area contributed by atoms with Gasteiger partial charge in [-0.3, -0.25) is 5.32 Å². The van der Waals surface area contributed by atoms with Crippen LogP contribution in [0.15, 0.2) is 0 Å². The number of hydrogen-bond donors (Lipinski definition) is 7. The Morgan fingerprint density at radius 1 is 0.619 bits per heavy atom. The van der Waals surface area contributed by atoms with E-state index < -0.39 is 5.72 Å². The van der Waals surface area contributed by atoms with Crippen LogP contribution in [0.5, 0.6) is 0 Å². The minimum Gasteiger partial charge on any atom is -0.373 e. The summed E-state index contributed by atoms with van der Waals surface area (Å²) in [6.45, 7) is 11.5. The van der Waals surface area contributed by atoms with Crippen LogP contribution < -0.4 is 31.9 Å². The molecule has 0 saturated carbocycles. The topological polar surface area (TPSA) is 92.4 Å². The van der Waals surface area contributed by atoms with E-state index in [2.05, 4.69) is 38.8 Å². The second-order valence-corrected chi connectivity index (χ2v) is 6.65. The third-order valence-electron chi connectivity index (χ3n) is 4.20. The Morgan fingerprint density at radius 2 is 1.00 bits per heavy atom. The Bertz CT molecular complexity index is 257. The first-order chi connectivity index (χ1) is 10.1. The van der Waals surface area contributed by atoms with E-state index in [-0.39, 0.29) is 5.41 Å². The average molecular weight is 300 g/mol. The van der Waals surface area contributed by atoms with Crippen molar-refractivity contribution >= 4 is 0 Å². The van der Waals surface area contributed by atoms with Gasteiger partial charge in [0, 0.05) is 77.4 Å². The Kier molecular flexibility index (Phi) is 6.81. The van der Waals surface area contributed by atoms with Crippen LogP contribution in [0.4, 0.5) is 0 Å². The van der Waals surface area contributed by atoms with E-state index in [1.54, 1.807) is 0 Å². The Balaban J connectivity index is 2.05. The van der Waals surface area contributed by atoms with Gasteiger partial charge in [0.1, 0.15) is 5.72 Å². The molecule has 7 N–H and O–H groups in total. The van der Waals surface area contributed by atoms with Crippen molar-refractivity contribution in [3.63, 3.8) is 0 Å². The largest absolute Gasteiger partial charge is 0.373 e. The lowest BCUT2D eigenvalue weighted by molar-refractivity contribution is 0.00789. The molecule has 2 fully saturated rings. The number of aliphatic hydroxyl groups is 1. The van der Waals surface area contributed by atoms with Crippen molar-refractivity contribution in [3.05, 3.63) is 0 Å². The van der Waals surface area contributed by atoms with Crippen molar-refractivity contribution in [2.45, 2.75) is 12.6 Å².